The van der Waals surface area contributed by atoms with Crippen molar-refractivity contribution in [3.8, 4) is 5.75 Å². The molecule has 1 fully saturated rings. The van der Waals surface area contributed by atoms with Crippen LogP contribution in [0.15, 0.2) is 77.7 Å². The normalized spacial score (nSPS) is 14.7. The van der Waals surface area contributed by atoms with E-state index in [1.165, 1.54) is 40.9 Å². The standard InChI is InChI=1S/C24H17FN2O4S2/c25-19-8-4-17(5-9-19)14-26-23(28)22(33-24(26)32)13-16-6-10-21(11-7-16)31-15-18-2-1-3-20(12-18)27(29)30/h1-13H,14-15H2. The highest BCUT2D eigenvalue weighted by molar-refractivity contribution is 8.26. The summed E-state index contributed by atoms with van der Waals surface area (Å²) in [5.74, 6) is 0.0735. The van der Waals surface area contributed by atoms with Crippen LogP contribution in [0.5, 0.6) is 5.75 Å². The summed E-state index contributed by atoms with van der Waals surface area (Å²) in [6.45, 7) is 0.482. The summed E-state index contributed by atoms with van der Waals surface area (Å²) in [5, 5.41) is 10.9. The van der Waals surface area contributed by atoms with E-state index in [1.54, 1.807) is 42.5 Å². The third-order valence-electron chi connectivity index (χ3n) is 4.83. The largest absolute Gasteiger partial charge is 0.489 e. The lowest BCUT2D eigenvalue weighted by atomic mass is 10.2. The van der Waals surface area contributed by atoms with Crippen LogP contribution in [0, 0.1) is 15.9 Å². The first kappa shape index (κ1) is 22.6. The molecule has 3 aromatic carbocycles. The third kappa shape index (κ3) is 5.63. The first-order valence-corrected chi connectivity index (χ1v) is 11.1. The van der Waals surface area contributed by atoms with Gasteiger partial charge in [-0.3, -0.25) is 19.8 Å². The molecule has 0 radical (unpaired) electrons. The van der Waals surface area contributed by atoms with Crippen molar-refractivity contribution in [3.05, 3.63) is 110 Å². The van der Waals surface area contributed by atoms with E-state index in [4.69, 9.17) is 17.0 Å². The number of thiocarbonyl (C=S) groups is 1. The van der Waals surface area contributed by atoms with Gasteiger partial charge in [0.05, 0.1) is 16.4 Å². The zero-order valence-corrected chi connectivity index (χ0v) is 18.8. The maximum atomic E-state index is 13.1. The minimum absolute atomic E-state index is 0.0168. The van der Waals surface area contributed by atoms with Gasteiger partial charge in [0, 0.05) is 12.1 Å². The molecule has 0 aliphatic carbocycles. The number of thioether (sulfide) groups is 1. The van der Waals surface area contributed by atoms with Gasteiger partial charge in [-0.2, -0.15) is 0 Å². The van der Waals surface area contributed by atoms with Crippen LogP contribution < -0.4 is 4.74 Å². The van der Waals surface area contributed by atoms with Crippen molar-refractivity contribution in [1.29, 1.82) is 0 Å². The van der Waals surface area contributed by atoms with Crippen molar-refractivity contribution >= 4 is 46.0 Å². The number of carbonyl (C=O) groups excluding carboxylic acids is 1. The Kier molecular flexibility index (Phi) is 6.81. The number of nitro benzene ring substituents is 1. The summed E-state index contributed by atoms with van der Waals surface area (Å²) in [6, 6.07) is 19.4. The number of hydrogen-bond acceptors (Lipinski definition) is 6. The Bertz CT molecular complexity index is 1240. The molecule has 1 aliphatic rings. The number of carbonyl (C=O) groups is 1. The van der Waals surface area contributed by atoms with Gasteiger partial charge in [0.2, 0.25) is 0 Å². The Labute approximate surface area is 198 Å². The zero-order valence-electron chi connectivity index (χ0n) is 17.1. The molecule has 0 aromatic heterocycles. The Hall–Kier alpha value is -3.56. The SMILES string of the molecule is O=C1C(=Cc2ccc(OCc3cccc([N+](=O)[O-])c3)cc2)SC(=S)N1Cc1ccc(F)cc1. The molecule has 6 nitrogen and oxygen atoms in total. The molecule has 0 unspecified atom stereocenters. The smallest absolute Gasteiger partial charge is 0.269 e. The van der Waals surface area contributed by atoms with Gasteiger partial charge in [0.1, 0.15) is 22.5 Å². The highest BCUT2D eigenvalue weighted by Crippen LogP contribution is 2.34. The van der Waals surface area contributed by atoms with Crippen LogP contribution in [-0.4, -0.2) is 20.1 Å². The molecule has 33 heavy (non-hydrogen) atoms. The number of halogens is 1. The van der Waals surface area contributed by atoms with Crippen LogP contribution in [0.25, 0.3) is 6.08 Å². The lowest BCUT2D eigenvalue weighted by molar-refractivity contribution is -0.384. The van der Waals surface area contributed by atoms with Gasteiger partial charge in [-0.05, 0) is 47.0 Å². The van der Waals surface area contributed by atoms with Crippen LogP contribution in [-0.2, 0) is 17.9 Å². The fraction of sp³-hybridized carbons (Fsp3) is 0.0833. The second-order valence-electron chi connectivity index (χ2n) is 7.18. The van der Waals surface area contributed by atoms with Gasteiger partial charge in [-0.1, -0.05) is 60.4 Å². The molecule has 1 heterocycles. The van der Waals surface area contributed by atoms with Crippen LogP contribution in [0.1, 0.15) is 16.7 Å². The number of hydrogen-bond donors (Lipinski definition) is 0. The van der Waals surface area contributed by atoms with Crippen LogP contribution in [0.3, 0.4) is 0 Å². The number of non-ortho nitro benzene ring substituents is 1. The van der Waals surface area contributed by atoms with Crippen molar-refractivity contribution in [2.24, 2.45) is 0 Å². The molecule has 0 atom stereocenters. The first-order chi connectivity index (χ1) is 15.9. The highest BCUT2D eigenvalue weighted by Gasteiger charge is 2.31. The Morgan fingerprint density at radius 3 is 2.48 bits per heavy atom. The van der Waals surface area contributed by atoms with E-state index in [9.17, 15) is 19.3 Å². The fourth-order valence-electron chi connectivity index (χ4n) is 3.15. The number of amides is 1. The van der Waals surface area contributed by atoms with E-state index in [-0.39, 0.29) is 30.6 Å². The molecule has 1 amide bonds. The van der Waals surface area contributed by atoms with Gasteiger partial charge >= 0.3 is 0 Å². The van der Waals surface area contributed by atoms with E-state index in [1.807, 2.05) is 12.1 Å². The van der Waals surface area contributed by atoms with Crippen molar-refractivity contribution in [2.45, 2.75) is 13.2 Å². The maximum absolute atomic E-state index is 13.1. The first-order valence-electron chi connectivity index (χ1n) is 9.85. The van der Waals surface area contributed by atoms with Crippen molar-refractivity contribution in [3.63, 3.8) is 0 Å². The molecule has 1 saturated heterocycles. The third-order valence-corrected chi connectivity index (χ3v) is 6.21. The summed E-state index contributed by atoms with van der Waals surface area (Å²) in [5.41, 5.74) is 2.31. The maximum Gasteiger partial charge on any atom is 0.269 e. The summed E-state index contributed by atoms with van der Waals surface area (Å²) in [7, 11) is 0. The second-order valence-corrected chi connectivity index (χ2v) is 8.85. The Balaban J connectivity index is 1.39. The fourth-order valence-corrected chi connectivity index (χ4v) is 4.40. The lowest BCUT2D eigenvalue weighted by Gasteiger charge is -2.14. The van der Waals surface area contributed by atoms with Crippen LogP contribution >= 0.6 is 24.0 Å². The second kappa shape index (κ2) is 9.93. The molecule has 0 spiro atoms. The number of nitro groups is 1. The van der Waals surface area contributed by atoms with Crippen molar-refractivity contribution in [1.82, 2.24) is 4.90 Å². The lowest BCUT2D eigenvalue weighted by Crippen LogP contribution is -2.27. The molecule has 0 saturated carbocycles. The predicted octanol–water partition coefficient (Wildman–Crippen LogP) is 5.71. The molecule has 166 valence electrons. The monoisotopic (exact) mass is 480 g/mol. The molecular formula is C24H17FN2O4S2. The number of rotatable bonds is 7. The number of ether oxygens (including phenoxy) is 1. The van der Waals surface area contributed by atoms with Crippen LogP contribution in [0.2, 0.25) is 0 Å². The molecular weight excluding hydrogens is 463 g/mol. The summed E-state index contributed by atoms with van der Waals surface area (Å²) >= 11 is 6.58. The Morgan fingerprint density at radius 1 is 1.06 bits per heavy atom. The molecule has 9 heteroatoms. The molecule has 0 N–H and O–H groups in total. The van der Waals surface area contributed by atoms with Crippen molar-refractivity contribution < 1.29 is 18.8 Å². The van der Waals surface area contributed by atoms with E-state index in [0.29, 0.717) is 20.5 Å². The van der Waals surface area contributed by atoms with E-state index >= 15 is 0 Å². The average molecular weight is 481 g/mol. The van der Waals surface area contributed by atoms with E-state index < -0.39 is 4.92 Å². The quantitative estimate of drug-likeness (QED) is 0.187. The molecule has 1 aliphatic heterocycles. The van der Waals surface area contributed by atoms with E-state index in [0.717, 1.165) is 11.1 Å². The summed E-state index contributed by atoms with van der Waals surface area (Å²) in [6.07, 6.45) is 1.76. The van der Waals surface area contributed by atoms with Gasteiger partial charge in [0.25, 0.3) is 11.6 Å². The topological polar surface area (TPSA) is 72.7 Å². The van der Waals surface area contributed by atoms with Crippen molar-refractivity contribution in [2.75, 3.05) is 0 Å². The number of nitrogens with zero attached hydrogens (tertiary/aromatic N) is 2. The van der Waals surface area contributed by atoms with Gasteiger partial charge in [-0.15, -0.1) is 0 Å². The molecule has 3 aromatic rings. The molecule has 0 bridgehead atoms. The van der Waals surface area contributed by atoms with Crippen LogP contribution in [0.4, 0.5) is 10.1 Å². The zero-order chi connectivity index (χ0) is 23.4. The Morgan fingerprint density at radius 2 is 1.79 bits per heavy atom. The van der Waals surface area contributed by atoms with E-state index in [2.05, 4.69) is 0 Å². The minimum atomic E-state index is -0.444. The highest BCUT2D eigenvalue weighted by atomic mass is 32.2. The summed E-state index contributed by atoms with van der Waals surface area (Å²) in [4.78, 5) is 25.2. The number of benzene rings is 3. The average Bonchev–Trinajstić information content (AvgIpc) is 3.07. The van der Waals surface area contributed by atoms with Gasteiger partial charge in [0.15, 0.2) is 0 Å². The summed E-state index contributed by atoms with van der Waals surface area (Å²) < 4.78 is 19.3. The van der Waals surface area contributed by atoms with Gasteiger partial charge in [-0.25, -0.2) is 4.39 Å². The molecule has 4 rings (SSSR count). The predicted molar refractivity (Wildman–Crippen MR) is 129 cm³/mol. The van der Waals surface area contributed by atoms with Gasteiger partial charge < -0.3 is 4.74 Å². The minimum Gasteiger partial charge on any atom is -0.489 e.